The zero-order chi connectivity index (χ0) is 19.9. The molecule has 6 heteroatoms. The van der Waals surface area contributed by atoms with Crippen molar-refractivity contribution in [1.29, 1.82) is 0 Å². The molecule has 2 aliphatic rings. The van der Waals surface area contributed by atoms with Crippen LogP contribution in [-0.4, -0.2) is 24.2 Å². The third kappa shape index (κ3) is 6.04. The second-order valence-electron chi connectivity index (χ2n) is 8.77. The molecule has 0 spiro atoms. The third-order valence-electron chi connectivity index (χ3n) is 6.23. The molecule has 0 aromatic carbocycles. The molecule has 6 atom stereocenters. The van der Waals surface area contributed by atoms with Crippen molar-refractivity contribution in [2.24, 2.45) is 39.6 Å². The molecule has 0 amide bonds. The maximum absolute atomic E-state index is 11.3. The normalized spacial score (nSPS) is 30.7. The lowest BCUT2D eigenvalue weighted by Gasteiger charge is -2.25. The summed E-state index contributed by atoms with van der Waals surface area (Å²) in [5.74, 6) is 0.861. The Hall–Kier alpha value is -1.40. The van der Waals surface area contributed by atoms with Gasteiger partial charge in [0.15, 0.2) is 0 Å². The van der Waals surface area contributed by atoms with Crippen LogP contribution in [0.1, 0.15) is 65.2 Å². The molecule has 27 heavy (non-hydrogen) atoms. The van der Waals surface area contributed by atoms with E-state index < -0.39 is 0 Å². The molecule has 2 aliphatic carbocycles. The highest BCUT2D eigenvalue weighted by atomic mass is 16.3. The smallest absolute Gasteiger partial charge is 0.110 e. The van der Waals surface area contributed by atoms with Crippen LogP contribution < -0.4 is 11.5 Å². The number of unbranched alkanes of at least 4 members (excludes halogenated alkanes) is 2. The van der Waals surface area contributed by atoms with Gasteiger partial charge in [-0.05, 0) is 57.4 Å². The van der Waals surface area contributed by atoms with Crippen LogP contribution in [0.2, 0.25) is 0 Å². The highest BCUT2D eigenvalue weighted by Crippen LogP contribution is 2.49. The summed E-state index contributed by atoms with van der Waals surface area (Å²) in [6.45, 7) is 4.79. The van der Waals surface area contributed by atoms with E-state index in [1.807, 2.05) is 12.2 Å². The van der Waals surface area contributed by atoms with Crippen LogP contribution in [-0.2, 0) is 0 Å². The Bertz CT molecular complexity index is 558. The first-order valence-corrected chi connectivity index (χ1v) is 10.5. The second kappa shape index (κ2) is 10.2. The summed E-state index contributed by atoms with van der Waals surface area (Å²) in [6, 6.07) is -0.501. The van der Waals surface area contributed by atoms with Gasteiger partial charge in [-0.15, -0.1) is 0 Å². The summed E-state index contributed by atoms with van der Waals surface area (Å²) in [6.07, 6.45) is 13.7. The average molecular weight is 377 g/mol. The third-order valence-corrected chi connectivity index (χ3v) is 6.23. The van der Waals surface area contributed by atoms with Crippen LogP contribution in [0.4, 0.5) is 0 Å². The lowest BCUT2D eigenvalue weighted by Crippen LogP contribution is -2.38. The Balaban J connectivity index is 2.00. The van der Waals surface area contributed by atoms with Crippen LogP contribution in [0.3, 0.4) is 0 Å². The SMILES string of the molecule is CCCCC[C@@H](/C=C/[C@@H]1C2CC(CC(C)(N)CCN)=C[C@H]2C[C@H]1N=O)N=O. The molecule has 1 fully saturated rings. The van der Waals surface area contributed by atoms with Gasteiger partial charge in [-0.3, -0.25) is 0 Å². The first kappa shape index (κ1) is 21.9. The predicted octanol–water partition coefficient (Wildman–Crippen LogP) is 4.43. The molecule has 0 saturated heterocycles. The van der Waals surface area contributed by atoms with E-state index in [0.717, 1.165) is 51.4 Å². The molecule has 2 rings (SSSR count). The fourth-order valence-electron chi connectivity index (χ4n) is 4.83. The number of hydrogen-bond donors (Lipinski definition) is 2. The van der Waals surface area contributed by atoms with E-state index in [1.165, 1.54) is 5.57 Å². The monoisotopic (exact) mass is 376 g/mol. The molecule has 0 aliphatic heterocycles. The number of nitrogens with zero attached hydrogens (tertiary/aromatic N) is 2. The van der Waals surface area contributed by atoms with Crippen molar-refractivity contribution < 1.29 is 0 Å². The molecule has 6 nitrogen and oxygen atoms in total. The maximum atomic E-state index is 11.3. The minimum atomic E-state index is -0.298. The summed E-state index contributed by atoms with van der Waals surface area (Å²) >= 11 is 0. The van der Waals surface area contributed by atoms with Gasteiger partial charge >= 0.3 is 0 Å². The lowest BCUT2D eigenvalue weighted by atomic mass is 9.85. The summed E-state index contributed by atoms with van der Waals surface area (Å²) in [5.41, 5.74) is 13.1. The molecule has 0 aromatic rings. The van der Waals surface area contributed by atoms with E-state index in [1.54, 1.807) is 0 Å². The molecule has 0 radical (unpaired) electrons. The highest BCUT2D eigenvalue weighted by Gasteiger charge is 2.45. The van der Waals surface area contributed by atoms with Crippen molar-refractivity contribution in [2.45, 2.75) is 82.8 Å². The molecule has 0 bridgehead atoms. The summed E-state index contributed by atoms with van der Waals surface area (Å²) < 4.78 is 0. The summed E-state index contributed by atoms with van der Waals surface area (Å²) in [5, 5.41) is 6.63. The van der Waals surface area contributed by atoms with E-state index in [2.05, 4.69) is 30.3 Å². The quantitative estimate of drug-likeness (QED) is 0.298. The van der Waals surface area contributed by atoms with Crippen molar-refractivity contribution in [1.82, 2.24) is 0 Å². The van der Waals surface area contributed by atoms with Gasteiger partial charge in [-0.1, -0.05) is 60.3 Å². The van der Waals surface area contributed by atoms with Gasteiger partial charge in [0.25, 0.3) is 0 Å². The molecule has 1 saturated carbocycles. The van der Waals surface area contributed by atoms with E-state index in [4.69, 9.17) is 11.5 Å². The highest BCUT2D eigenvalue weighted by molar-refractivity contribution is 5.23. The van der Waals surface area contributed by atoms with E-state index in [0.29, 0.717) is 18.4 Å². The number of hydrogen-bond acceptors (Lipinski definition) is 6. The van der Waals surface area contributed by atoms with Crippen molar-refractivity contribution in [3.05, 3.63) is 33.6 Å². The van der Waals surface area contributed by atoms with Crippen molar-refractivity contribution >= 4 is 0 Å². The zero-order valence-corrected chi connectivity index (χ0v) is 16.8. The van der Waals surface area contributed by atoms with Gasteiger partial charge in [0.05, 0.1) is 6.04 Å². The van der Waals surface area contributed by atoms with Gasteiger partial charge in [-0.2, -0.15) is 9.81 Å². The number of rotatable bonds is 12. The number of nitroso groups, excluding NO2 is 2. The minimum absolute atomic E-state index is 0.0928. The largest absolute Gasteiger partial charge is 0.330 e. The standard InChI is InChI=1S/C21H36N4O2/c1-3-4-5-6-17(24-26)7-8-18-19-12-15(14-21(2,23)9-10-22)11-16(19)13-20(18)25-27/h7-8,11,16-20H,3-6,9-10,12-14,22-23H2,1-2H3/b8-7+/t16-,17-,18+,19?,20+,21?/m0/s1. The molecule has 2 unspecified atom stereocenters. The zero-order valence-electron chi connectivity index (χ0n) is 16.8. The van der Waals surface area contributed by atoms with Crippen molar-refractivity contribution in [2.75, 3.05) is 6.54 Å². The number of fused-ring (bicyclic) bond motifs is 1. The summed E-state index contributed by atoms with van der Waals surface area (Å²) in [4.78, 5) is 22.5. The number of allylic oxidation sites excluding steroid dienone is 1. The van der Waals surface area contributed by atoms with Gasteiger partial charge < -0.3 is 11.5 Å². The Morgan fingerprint density at radius 3 is 2.78 bits per heavy atom. The predicted molar refractivity (Wildman–Crippen MR) is 111 cm³/mol. The van der Waals surface area contributed by atoms with Crippen molar-refractivity contribution in [3.63, 3.8) is 0 Å². The van der Waals surface area contributed by atoms with Gasteiger partial charge in [0.2, 0.25) is 0 Å². The molecule has 4 N–H and O–H groups in total. The first-order chi connectivity index (χ1) is 12.9. The Morgan fingerprint density at radius 1 is 1.37 bits per heavy atom. The molecular weight excluding hydrogens is 340 g/mol. The minimum Gasteiger partial charge on any atom is -0.330 e. The Labute approximate surface area is 163 Å². The first-order valence-electron chi connectivity index (χ1n) is 10.5. The van der Waals surface area contributed by atoms with Crippen LogP contribution >= 0.6 is 0 Å². The van der Waals surface area contributed by atoms with E-state index in [-0.39, 0.29) is 23.5 Å². The molecule has 0 aromatic heterocycles. The average Bonchev–Trinajstić information content (AvgIpc) is 3.14. The van der Waals surface area contributed by atoms with Crippen molar-refractivity contribution in [3.8, 4) is 0 Å². The van der Waals surface area contributed by atoms with Gasteiger partial charge in [-0.25, -0.2) is 0 Å². The van der Waals surface area contributed by atoms with Crippen LogP contribution in [0.25, 0.3) is 0 Å². The Kier molecular flexibility index (Phi) is 8.29. The number of nitrogens with two attached hydrogens (primary N) is 2. The molecule has 0 heterocycles. The lowest BCUT2D eigenvalue weighted by molar-refractivity contribution is 0.389. The van der Waals surface area contributed by atoms with E-state index in [9.17, 15) is 9.81 Å². The van der Waals surface area contributed by atoms with Crippen LogP contribution in [0, 0.1) is 27.6 Å². The van der Waals surface area contributed by atoms with E-state index >= 15 is 0 Å². The fourth-order valence-corrected chi connectivity index (χ4v) is 4.83. The van der Waals surface area contributed by atoms with Crippen LogP contribution in [0.5, 0.6) is 0 Å². The Morgan fingerprint density at radius 2 is 2.15 bits per heavy atom. The topological polar surface area (TPSA) is 111 Å². The fraction of sp³-hybridized carbons (Fsp3) is 0.810. The maximum Gasteiger partial charge on any atom is 0.110 e. The van der Waals surface area contributed by atoms with Crippen LogP contribution in [0.15, 0.2) is 34.2 Å². The van der Waals surface area contributed by atoms with Gasteiger partial charge in [0.1, 0.15) is 6.04 Å². The molecule has 152 valence electrons. The second-order valence-corrected chi connectivity index (χ2v) is 8.77. The summed E-state index contributed by atoms with van der Waals surface area (Å²) in [7, 11) is 0. The van der Waals surface area contributed by atoms with Gasteiger partial charge in [0, 0.05) is 11.5 Å². The molecular formula is C21H36N4O2.